The van der Waals surface area contributed by atoms with Crippen LogP contribution < -0.4 is 19.1 Å². The molecule has 6 aliphatic rings. The zero-order valence-electron chi connectivity index (χ0n) is 21.9. The van der Waals surface area contributed by atoms with Crippen LogP contribution >= 0.6 is 0 Å². The number of amides is 1. The van der Waals surface area contributed by atoms with Crippen LogP contribution in [-0.2, 0) is 4.79 Å². The van der Waals surface area contributed by atoms with Gasteiger partial charge in [0.15, 0.2) is 17.6 Å². The van der Waals surface area contributed by atoms with E-state index in [9.17, 15) is 4.79 Å². The van der Waals surface area contributed by atoms with E-state index >= 15 is 0 Å². The number of anilines is 1. The highest BCUT2D eigenvalue weighted by atomic mass is 16.5. The van der Waals surface area contributed by atoms with E-state index in [4.69, 9.17) is 14.2 Å². The third-order valence-corrected chi connectivity index (χ3v) is 9.95. The van der Waals surface area contributed by atoms with Crippen molar-refractivity contribution < 1.29 is 19.0 Å². The molecule has 1 amide bonds. The number of ether oxygens (including phenoxy) is 3. The minimum absolute atomic E-state index is 0.00359. The monoisotopic (exact) mass is 501 g/mol. The molecule has 4 bridgehead atoms. The molecule has 5 saturated carbocycles. The second kappa shape index (κ2) is 9.56. The van der Waals surface area contributed by atoms with Crippen molar-refractivity contribution in [1.82, 2.24) is 0 Å². The minimum atomic E-state index is -0.449. The molecule has 1 saturated heterocycles. The number of benzene rings is 2. The van der Waals surface area contributed by atoms with Gasteiger partial charge in [0, 0.05) is 24.7 Å². The highest BCUT2D eigenvalue weighted by Crippen LogP contribution is 2.57. The van der Waals surface area contributed by atoms with Crippen molar-refractivity contribution >= 4 is 11.6 Å². The van der Waals surface area contributed by atoms with Crippen LogP contribution in [-0.4, -0.2) is 32.3 Å². The van der Waals surface area contributed by atoms with Gasteiger partial charge >= 0.3 is 0 Å². The van der Waals surface area contributed by atoms with Gasteiger partial charge in [0.05, 0.1) is 13.7 Å². The maximum Gasteiger partial charge on any atom is 0.268 e. The van der Waals surface area contributed by atoms with Gasteiger partial charge in [-0.3, -0.25) is 4.79 Å². The third kappa shape index (κ3) is 4.59. The van der Waals surface area contributed by atoms with Crippen LogP contribution in [0.15, 0.2) is 42.5 Å². The Bertz CT molecular complexity index is 1110. The molecule has 0 N–H and O–H groups in total. The summed E-state index contributed by atoms with van der Waals surface area (Å²) in [6, 6.07) is 14.1. The molecular formula is C32H39NO4. The summed E-state index contributed by atoms with van der Waals surface area (Å²) in [6.45, 7) is 1.38. The summed E-state index contributed by atoms with van der Waals surface area (Å²) in [4.78, 5) is 15.0. The molecule has 0 unspecified atom stereocenters. The molecule has 196 valence electrons. The Hall–Kier alpha value is -2.69. The predicted octanol–water partition coefficient (Wildman–Crippen LogP) is 6.60. The van der Waals surface area contributed by atoms with Crippen molar-refractivity contribution in [3.8, 4) is 17.2 Å². The molecule has 0 radical (unpaired) electrons. The number of methoxy groups -OCH3 is 1. The molecule has 1 aliphatic heterocycles. The van der Waals surface area contributed by atoms with Crippen LogP contribution in [0.1, 0.15) is 69.3 Å². The van der Waals surface area contributed by atoms with Gasteiger partial charge < -0.3 is 19.1 Å². The van der Waals surface area contributed by atoms with E-state index in [0.29, 0.717) is 18.7 Å². The molecule has 5 heteroatoms. The maximum atomic E-state index is 13.2. The van der Waals surface area contributed by atoms with Crippen LogP contribution in [0.25, 0.3) is 0 Å². The molecule has 37 heavy (non-hydrogen) atoms. The summed E-state index contributed by atoms with van der Waals surface area (Å²) >= 11 is 0. The molecule has 0 aromatic heterocycles. The van der Waals surface area contributed by atoms with Gasteiger partial charge in [0.2, 0.25) is 0 Å². The largest absolute Gasteiger partial charge is 0.493 e. The van der Waals surface area contributed by atoms with Crippen molar-refractivity contribution in [3.05, 3.63) is 48.0 Å². The van der Waals surface area contributed by atoms with Gasteiger partial charge in [-0.2, -0.15) is 0 Å². The zero-order chi connectivity index (χ0) is 24.9. The summed E-state index contributed by atoms with van der Waals surface area (Å²) in [5.74, 6) is 7.67. The lowest BCUT2D eigenvalue weighted by Crippen LogP contribution is -2.45. The van der Waals surface area contributed by atoms with Crippen molar-refractivity contribution in [2.24, 2.45) is 29.6 Å². The zero-order valence-corrected chi connectivity index (χ0v) is 21.9. The van der Waals surface area contributed by atoms with E-state index in [2.05, 4.69) is 12.1 Å². The Balaban J connectivity index is 0.960. The average Bonchev–Trinajstić information content (AvgIpc) is 3.70. The summed E-state index contributed by atoms with van der Waals surface area (Å²) < 4.78 is 18.0. The summed E-state index contributed by atoms with van der Waals surface area (Å²) in [6.07, 6.45) is 11.3. The minimum Gasteiger partial charge on any atom is -0.493 e. The van der Waals surface area contributed by atoms with Crippen LogP contribution in [0, 0.1) is 29.6 Å². The lowest BCUT2D eigenvalue weighted by molar-refractivity contribution is -0.122. The van der Waals surface area contributed by atoms with Crippen molar-refractivity contribution in [2.45, 2.75) is 69.8 Å². The molecule has 5 nitrogen and oxygen atoms in total. The number of carbonyl (C=O) groups is 1. The fourth-order valence-corrected chi connectivity index (χ4v) is 8.18. The lowest BCUT2D eigenvalue weighted by atomic mass is 9.51. The van der Waals surface area contributed by atoms with Crippen LogP contribution in [0.5, 0.6) is 17.2 Å². The average molecular weight is 502 g/mol. The van der Waals surface area contributed by atoms with Crippen LogP contribution in [0.2, 0.25) is 0 Å². The summed E-state index contributed by atoms with van der Waals surface area (Å²) in [7, 11) is 1.67. The van der Waals surface area contributed by atoms with Crippen molar-refractivity contribution in [2.75, 3.05) is 25.2 Å². The van der Waals surface area contributed by atoms with Crippen LogP contribution in [0.4, 0.5) is 5.69 Å². The highest BCUT2D eigenvalue weighted by Gasteiger charge is 2.47. The molecule has 6 fully saturated rings. The first kappa shape index (κ1) is 23.4. The van der Waals surface area contributed by atoms with Crippen LogP contribution in [0.3, 0.4) is 0 Å². The molecule has 1 heterocycles. The predicted molar refractivity (Wildman–Crippen MR) is 143 cm³/mol. The number of hydrogen-bond acceptors (Lipinski definition) is 4. The molecular weight excluding hydrogens is 462 g/mol. The van der Waals surface area contributed by atoms with Gasteiger partial charge in [0.1, 0.15) is 5.75 Å². The first-order valence-corrected chi connectivity index (χ1v) is 14.5. The van der Waals surface area contributed by atoms with Gasteiger partial charge in [-0.25, -0.2) is 0 Å². The smallest absolute Gasteiger partial charge is 0.268 e. The van der Waals surface area contributed by atoms with Crippen molar-refractivity contribution in [1.29, 1.82) is 0 Å². The molecule has 2 aromatic carbocycles. The van der Waals surface area contributed by atoms with Gasteiger partial charge in [-0.15, -0.1) is 0 Å². The second-order valence-electron chi connectivity index (χ2n) is 12.3. The number of hydrogen-bond donors (Lipinski definition) is 0. The van der Waals surface area contributed by atoms with E-state index in [0.717, 1.165) is 65.7 Å². The molecule has 1 atom stereocenters. The lowest BCUT2D eigenvalue weighted by Gasteiger charge is -2.54. The van der Waals surface area contributed by atoms with E-state index in [1.165, 1.54) is 50.5 Å². The second-order valence-corrected chi connectivity index (χ2v) is 12.3. The fraction of sp³-hybridized carbons (Fsp3) is 0.594. The Morgan fingerprint density at radius 1 is 0.865 bits per heavy atom. The van der Waals surface area contributed by atoms with E-state index < -0.39 is 6.10 Å². The quantitative estimate of drug-likeness (QED) is 0.389. The van der Waals surface area contributed by atoms with E-state index in [-0.39, 0.29) is 5.91 Å². The highest BCUT2D eigenvalue weighted by molar-refractivity contribution is 5.99. The first-order valence-electron chi connectivity index (χ1n) is 14.5. The standard InChI is InChI=1S/C32H39NO4/c1-35-31-19-26(33-12-10-30(32(33)34)37-27-7-4-23(5-8-27)22-2-3-22)6-9-29(31)36-13-11-28-24-15-20-14-21(17-24)18-25(28)16-20/h4-9,19-22,24-25,28,30H,2-3,10-18H2,1H3/t20?,21?,24?,25?,28?,30-/m0/s1. The Kier molecular flexibility index (Phi) is 6.05. The normalized spacial score (nSPS) is 32.1. The summed E-state index contributed by atoms with van der Waals surface area (Å²) in [5, 5.41) is 0. The summed E-state index contributed by atoms with van der Waals surface area (Å²) in [5.41, 5.74) is 2.21. The topological polar surface area (TPSA) is 48.0 Å². The molecule has 2 aromatic rings. The molecule has 5 aliphatic carbocycles. The Morgan fingerprint density at radius 3 is 2.27 bits per heavy atom. The molecule has 8 rings (SSSR count). The van der Waals surface area contributed by atoms with Crippen molar-refractivity contribution in [3.63, 3.8) is 0 Å². The van der Waals surface area contributed by atoms with Gasteiger partial charge in [-0.05, 0) is 117 Å². The third-order valence-electron chi connectivity index (χ3n) is 9.95. The van der Waals surface area contributed by atoms with E-state index in [1.807, 2.05) is 35.2 Å². The Morgan fingerprint density at radius 2 is 1.59 bits per heavy atom. The number of rotatable bonds is 9. The molecule has 0 spiro atoms. The first-order chi connectivity index (χ1) is 18.1. The number of carbonyl (C=O) groups excluding carboxylic acids is 1. The van der Waals surface area contributed by atoms with Gasteiger partial charge in [0.25, 0.3) is 5.91 Å². The number of nitrogens with zero attached hydrogens (tertiary/aromatic N) is 1. The Labute approximate surface area is 220 Å². The SMILES string of the molecule is COc1cc(N2CC[C@H](Oc3ccc(C4CC4)cc3)C2=O)ccc1OCCC1C2CC3CC(C2)CC1C3. The van der Waals surface area contributed by atoms with E-state index in [1.54, 1.807) is 7.11 Å². The van der Waals surface area contributed by atoms with Gasteiger partial charge in [-0.1, -0.05) is 12.1 Å². The maximum absolute atomic E-state index is 13.2. The fourth-order valence-electron chi connectivity index (χ4n) is 8.18.